The van der Waals surface area contributed by atoms with Crippen molar-refractivity contribution >= 4 is 45.7 Å². The van der Waals surface area contributed by atoms with Crippen LogP contribution in [0.4, 0.5) is 0 Å². The van der Waals surface area contributed by atoms with Crippen molar-refractivity contribution in [3.8, 4) is 0 Å². The Hall–Kier alpha value is -0.840. The molecule has 112 valence electrons. The first-order valence-corrected chi connectivity index (χ1v) is 7.91. The van der Waals surface area contributed by atoms with Gasteiger partial charge in [-0.1, -0.05) is 11.6 Å². The van der Waals surface area contributed by atoms with E-state index in [1.54, 1.807) is 4.57 Å². The molecule has 0 aromatic carbocycles. The van der Waals surface area contributed by atoms with E-state index in [-0.39, 0.29) is 11.0 Å². The summed E-state index contributed by atoms with van der Waals surface area (Å²) in [5, 5.41) is 0.245. The summed E-state index contributed by atoms with van der Waals surface area (Å²) in [5.74, 6) is 0.195. The van der Waals surface area contributed by atoms with Crippen LogP contribution in [0.25, 0.3) is 11.2 Å². The van der Waals surface area contributed by atoms with Gasteiger partial charge in [-0.25, -0.2) is 15.0 Å². The molecule has 21 heavy (non-hydrogen) atoms. The average Bonchev–Trinajstić information content (AvgIpc) is 3.12. The first-order valence-electron chi connectivity index (χ1n) is 5.99. The molecule has 0 amide bonds. The highest BCUT2D eigenvalue weighted by Gasteiger charge is 2.53. The lowest BCUT2D eigenvalue weighted by molar-refractivity contribution is -0.0246. The van der Waals surface area contributed by atoms with Crippen LogP contribution in [0.5, 0.6) is 0 Å². The first kappa shape index (κ1) is 13.8. The fraction of sp³-hybridized carbons (Fsp3) is 0.500. The van der Waals surface area contributed by atoms with Gasteiger partial charge in [0, 0.05) is 0 Å². The minimum Gasteiger partial charge on any atom is -0.348 e. The van der Waals surface area contributed by atoms with E-state index in [2.05, 4.69) is 15.0 Å². The molecular formula is C10H8Cl2N4O4S. The normalized spacial score (nSPS) is 35.4. The highest BCUT2D eigenvalue weighted by molar-refractivity contribution is 7.75. The zero-order valence-corrected chi connectivity index (χ0v) is 12.6. The molecule has 0 radical (unpaired) electrons. The molecule has 0 bridgehead atoms. The van der Waals surface area contributed by atoms with Crippen LogP contribution in [-0.2, 0) is 24.5 Å². The third-order valence-corrected chi connectivity index (χ3v) is 4.74. The maximum Gasteiger partial charge on any atom is 0.305 e. The summed E-state index contributed by atoms with van der Waals surface area (Å²) in [6.45, 7) is 0. The van der Waals surface area contributed by atoms with E-state index in [1.807, 2.05) is 0 Å². The molecule has 4 rings (SSSR count). The molecule has 11 heteroatoms. The standard InChI is InChI=1S/C10H8Cl2N4O4S/c11-1-4-6-7(20-21(17)19-6)10(18-4)16-3-15-5-8(12)13-2-14-9(5)16/h2-4,6-7,10H,1H2/t4-,6-,7-,10-,21?/m1/s1. The van der Waals surface area contributed by atoms with E-state index in [4.69, 9.17) is 36.3 Å². The molecule has 0 aliphatic carbocycles. The number of aromatic nitrogens is 4. The largest absolute Gasteiger partial charge is 0.348 e. The van der Waals surface area contributed by atoms with Crippen LogP contribution in [-0.4, -0.2) is 47.9 Å². The fourth-order valence-electron chi connectivity index (χ4n) is 2.49. The minimum atomic E-state index is -1.81. The maximum atomic E-state index is 11.4. The van der Waals surface area contributed by atoms with Crippen molar-refractivity contribution in [3.05, 3.63) is 17.8 Å². The van der Waals surface area contributed by atoms with Gasteiger partial charge >= 0.3 is 11.4 Å². The lowest BCUT2D eigenvalue weighted by Crippen LogP contribution is -2.29. The maximum absolute atomic E-state index is 11.4. The van der Waals surface area contributed by atoms with E-state index in [0.717, 1.165) is 0 Å². The number of hydrogen-bond acceptors (Lipinski definition) is 7. The molecule has 0 N–H and O–H groups in total. The van der Waals surface area contributed by atoms with E-state index >= 15 is 0 Å². The molecule has 2 aliphatic rings. The van der Waals surface area contributed by atoms with Crippen molar-refractivity contribution in [1.82, 2.24) is 19.5 Å². The summed E-state index contributed by atoms with van der Waals surface area (Å²) in [4.78, 5) is 12.2. The monoisotopic (exact) mass is 350 g/mol. The Morgan fingerprint density at radius 3 is 2.90 bits per heavy atom. The number of nitrogens with zero attached hydrogens (tertiary/aromatic N) is 4. The minimum absolute atomic E-state index is 0.195. The lowest BCUT2D eigenvalue weighted by atomic mass is 10.1. The molecular weight excluding hydrogens is 343 g/mol. The summed E-state index contributed by atoms with van der Waals surface area (Å²) in [7, 11) is 0. The Morgan fingerprint density at radius 2 is 2.10 bits per heavy atom. The van der Waals surface area contributed by atoms with Gasteiger partial charge in [0.2, 0.25) is 0 Å². The number of rotatable bonds is 2. The smallest absolute Gasteiger partial charge is 0.305 e. The van der Waals surface area contributed by atoms with Crippen LogP contribution < -0.4 is 0 Å². The highest BCUT2D eigenvalue weighted by Crippen LogP contribution is 2.40. The Kier molecular flexibility index (Phi) is 3.36. The molecule has 1 unspecified atom stereocenters. The number of halogens is 2. The second-order valence-electron chi connectivity index (χ2n) is 4.53. The third-order valence-electron chi connectivity index (χ3n) is 3.41. The van der Waals surface area contributed by atoms with E-state index < -0.39 is 35.9 Å². The van der Waals surface area contributed by atoms with Crippen LogP contribution in [0.15, 0.2) is 12.7 Å². The lowest BCUT2D eigenvalue weighted by Gasteiger charge is -2.16. The number of fused-ring (bicyclic) bond motifs is 2. The Morgan fingerprint density at radius 1 is 1.29 bits per heavy atom. The van der Waals surface area contributed by atoms with Gasteiger partial charge in [0.25, 0.3) is 0 Å². The van der Waals surface area contributed by atoms with Crippen LogP contribution in [0.1, 0.15) is 6.23 Å². The summed E-state index contributed by atoms with van der Waals surface area (Å²) in [6, 6.07) is 0. The molecule has 2 aromatic rings. The molecule has 0 saturated carbocycles. The molecule has 2 aliphatic heterocycles. The van der Waals surface area contributed by atoms with E-state index in [0.29, 0.717) is 11.2 Å². The van der Waals surface area contributed by atoms with Gasteiger partial charge in [-0.3, -0.25) is 12.9 Å². The average molecular weight is 351 g/mol. The van der Waals surface area contributed by atoms with Gasteiger partial charge in [-0.15, -0.1) is 11.6 Å². The van der Waals surface area contributed by atoms with Gasteiger partial charge in [-0.05, 0) is 0 Å². The zero-order chi connectivity index (χ0) is 14.6. The van der Waals surface area contributed by atoms with E-state index in [1.165, 1.54) is 12.7 Å². The number of hydrogen-bond donors (Lipinski definition) is 0. The van der Waals surface area contributed by atoms with E-state index in [9.17, 15) is 4.21 Å². The van der Waals surface area contributed by atoms with Crippen LogP contribution in [0.3, 0.4) is 0 Å². The molecule has 2 fully saturated rings. The quantitative estimate of drug-likeness (QED) is 0.589. The van der Waals surface area contributed by atoms with Crippen molar-refractivity contribution in [3.63, 3.8) is 0 Å². The summed E-state index contributed by atoms with van der Waals surface area (Å²) >= 11 is 10.0. The van der Waals surface area contributed by atoms with Gasteiger partial charge < -0.3 is 4.74 Å². The second kappa shape index (κ2) is 5.11. The van der Waals surface area contributed by atoms with Crippen LogP contribution in [0.2, 0.25) is 5.15 Å². The first-order chi connectivity index (χ1) is 10.2. The number of imidazole rings is 1. The summed E-state index contributed by atoms with van der Waals surface area (Å²) in [5.41, 5.74) is 0.948. The van der Waals surface area contributed by atoms with Gasteiger partial charge in [0.1, 0.15) is 24.1 Å². The van der Waals surface area contributed by atoms with Crippen molar-refractivity contribution < 1.29 is 17.3 Å². The van der Waals surface area contributed by atoms with Crippen LogP contribution in [0, 0.1) is 0 Å². The highest BCUT2D eigenvalue weighted by atomic mass is 35.5. The summed E-state index contributed by atoms with van der Waals surface area (Å²) < 4.78 is 29.4. The predicted molar refractivity (Wildman–Crippen MR) is 72.9 cm³/mol. The summed E-state index contributed by atoms with van der Waals surface area (Å²) in [6.07, 6.45) is 0.778. The molecule has 8 nitrogen and oxygen atoms in total. The molecule has 0 spiro atoms. The van der Waals surface area contributed by atoms with Crippen LogP contribution >= 0.6 is 23.2 Å². The predicted octanol–water partition coefficient (Wildman–Crippen LogP) is 0.979. The van der Waals surface area contributed by atoms with Crippen molar-refractivity contribution in [2.24, 2.45) is 0 Å². The molecule has 4 heterocycles. The van der Waals surface area contributed by atoms with Crippen molar-refractivity contribution in [2.75, 3.05) is 5.88 Å². The topological polar surface area (TPSA) is 88.4 Å². The van der Waals surface area contributed by atoms with Crippen molar-refractivity contribution in [1.29, 1.82) is 0 Å². The number of alkyl halides is 1. The van der Waals surface area contributed by atoms with Gasteiger partial charge in [-0.2, -0.15) is 4.21 Å². The third kappa shape index (κ3) is 2.07. The number of ether oxygens (including phenoxy) is 1. The fourth-order valence-corrected chi connectivity index (χ4v) is 3.76. The van der Waals surface area contributed by atoms with Crippen molar-refractivity contribution in [2.45, 2.75) is 24.5 Å². The Balaban J connectivity index is 1.78. The van der Waals surface area contributed by atoms with Gasteiger partial charge in [0.15, 0.2) is 23.1 Å². The Bertz CT molecular complexity index is 728. The molecule has 5 atom stereocenters. The second-order valence-corrected chi connectivity index (χ2v) is 5.99. The van der Waals surface area contributed by atoms with Gasteiger partial charge in [0.05, 0.1) is 12.2 Å². The zero-order valence-electron chi connectivity index (χ0n) is 10.3. The Labute approximate surface area is 131 Å². The SMILES string of the molecule is O=S1O[C@@H]2[C@H](O1)[C@@H](CCl)O[C@H]2n1cnc2c(Cl)ncnc21. The molecule has 2 saturated heterocycles. The molecule has 2 aromatic heterocycles.